The molecule has 2 heterocycles. The number of carbonyl (C=O) groups is 1. The van der Waals surface area contributed by atoms with Gasteiger partial charge in [0.05, 0.1) is 5.75 Å². The summed E-state index contributed by atoms with van der Waals surface area (Å²) in [6.07, 6.45) is 0. The Labute approximate surface area is 143 Å². The van der Waals surface area contributed by atoms with Gasteiger partial charge in [-0.05, 0) is 24.6 Å². The first kappa shape index (κ1) is 16.1. The summed E-state index contributed by atoms with van der Waals surface area (Å²) < 4.78 is 0.745. The highest BCUT2D eigenvalue weighted by atomic mass is 32.2. The monoisotopic (exact) mass is 349 g/mol. The third-order valence-electron chi connectivity index (χ3n) is 3.74. The molecule has 8 heteroatoms. The molecular weight excluding hydrogens is 330 g/mol. The lowest BCUT2D eigenvalue weighted by Gasteiger charge is -2.36. The van der Waals surface area contributed by atoms with E-state index in [0.717, 1.165) is 30.5 Å². The van der Waals surface area contributed by atoms with Gasteiger partial charge in [-0.1, -0.05) is 35.2 Å². The number of piperazine rings is 1. The lowest BCUT2D eigenvalue weighted by molar-refractivity contribution is -0.128. The molecule has 0 bridgehead atoms. The third kappa shape index (κ3) is 4.14. The maximum absolute atomic E-state index is 12.3. The predicted molar refractivity (Wildman–Crippen MR) is 95.0 cm³/mol. The van der Waals surface area contributed by atoms with Crippen molar-refractivity contribution < 1.29 is 4.79 Å². The number of nitrogen functional groups attached to an aromatic ring is 1. The minimum Gasteiger partial charge on any atom is -0.374 e. The molecule has 6 nitrogen and oxygen atoms in total. The Balaban J connectivity index is 1.49. The molecule has 1 amide bonds. The summed E-state index contributed by atoms with van der Waals surface area (Å²) in [5.41, 5.74) is 8.03. The van der Waals surface area contributed by atoms with Crippen LogP contribution in [0.25, 0.3) is 0 Å². The Morgan fingerprint density at radius 1 is 1.30 bits per heavy atom. The summed E-state index contributed by atoms with van der Waals surface area (Å²) >= 11 is 2.72. The number of thioether (sulfide) groups is 1. The molecule has 1 aliphatic rings. The molecule has 0 aliphatic carbocycles. The highest BCUT2D eigenvalue weighted by Crippen LogP contribution is 2.24. The summed E-state index contributed by atoms with van der Waals surface area (Å²) in [7, 11) is 0. The molecule has 3 rings (SSSR count). The van der Waals surface area contributed by atoms with Crippen molar-refractivity contribution in [2.24, 2.45) is 0 Å². The number of hydrogen-bond acceptors (Lipinski definition) is 7. The van der Waals surface area contributed by atoms with E-state index in [-0.39, 0.29) is 5.91 Å². The van der Waals surface area contributed by atoms with Gasteiger partial charge in [0.1, 0.15) is 0 Å². The second kappa shape index (κ2) is 7.18. The maximum Gasteiger partial charge on any atom is 0.233 e. The van der Waals surface area contributed by atoms with Crippen LogP contribution in [0.5, 0.6) is 0 Å². The number of amides is 1. The normalized spacial score (nSPS) is 15.0. The number of nitrogens with two attached hydrogens (primary N) is 1. The first-order valence-electron chi connectivity index (χ1n) is 7.43. The molecule has 1 saturated heterocycles. The van der Waals surface area contributed by atoms with Crippen molar-refractivity contribution in [2.45, 2.75) is 11.3 Å². The van der Waals surface area contributed by atoms with Crippen LogP contribution in [-0.4, -0.2) is 52.9 Å². The molecule has 1 fully saturated rings. The number of anilines is 2. The predicted octanol–water partition coefficient (Wildman–Crippen LogP) is 1.87. The van der Waals surface area contributed by atoms with Crippen molar-refractivity contribution in [1.29, 1.82) is 0 Å². The first-order valence-corrected chi connectivity index (χ1v) is 9.23. The van der Waals surface area contributed by atoms with Crippen LogP contribution in [-0.2, 0) is 4.79 Å². The summed E-state index contributed by atoms with van der Waals surface area (Å²) in [6, 6.07) is 8.49. The molecule has 23 heavy (non-hydrogen) atoms. The van der Waals surface area contributed by atoms with E-state index in [0.29, 0.717) is 10.9 Å². The van der Waals surface area contributed by atoms with E-state index in [2.05, 4.69) is 46.3 Å². The van der Waals surface area contributed by atoms with E-state index < -0.39 is 0 Å². The van der Waals surface area contributed by atoms with Gasteiger partial charge in [-0.2, -0.15) is 0 Å². The highest BCUT2D eigenvalue weighted by Gasteiger charge is 2.21. The zero-order valence-corrected chi connectivity index (χ0v) is 14.6. The van der Waals surface area contributed by atoms with Crippen LogP contribution in [0.3, 0.4) is 0 Å². The molecule has 122 valence electrons. The fourth-order valence-corrected chi connectivity index (χ4v) is 4.07. The number of aryl methyl sites for hydroxylation is 1. The van der Waals surface area contributed by atoms with Crippen LogP contribution >= 0.6 is 23.1 Å². The number of aromatic nitrogens is 2. The van der Waals surface area contributed by atoms with Crippen molar-refractivity contribution in [3.8, 4) is 0 Å². The van der Waals surface area contributed by atoms with Crippen LogP contribution in [0, 0.1) is 6.92 Å². The Hall–Kier alpha value is -1.80. The summed E-state index contributed by atoms with van der Waals surface area (Å²) in [4.78, 5) is 16.5. The van der Waals surface area contributed by atoms with Crippen LogP contribution in [0.15, 0.2) is 28.6 Å². The lowest BCUT2D eigenvalue weighted by atomic mass is 10.2. The molecule has 0 saturated carbocycles. The van der Waals surface area contributed by atoms with Gasteiger partial charge in [0, 0.05) is 31.9 Å². The quantitative estimate of drug-likeness (QED) is 0.850. The number of rotatable bonds is 4. The average Bonchev–Trinajstić information content (AvgIpc) is 2.98. The van der Waals surface area contributed by atoms with Crippen molar-refractivity contribution in [3.05, 3.63) is 29.8 Å². The van der Waals surface area contributed by atoms with Gasteiger partial charge in [0.15, 0.2) is 4.34 Å². The number of carbonyl (C=O) groups excluding carboxylic acids is 1. The van der Waals surface area contributed by atoms with Gasteiger partial charge < -0.3 is 15.5 Å². The van der Waals surface area contributed by atoms with E-state index in [1.165, 1.54) is 34.3 Å². The fraction of sp³-hybridized carbons (Fsp3) is 0.400. The molecule has 0 atom stereocenters. The zero-order valence-electron chi connectivity index (χ0n) is 12.9. The molecule has 2 aromatic rings. The number of benzene rings is 1. The molecule has 0 spiro atoms. The van der Waals surface area contributed by atoms with Crippen molar-refractivity contribution in [1.82, 2.24) is 15.1 Å². The molecule has 1 aromatic carbocycles. The molecule has 1 aliphatic heterocycles. The van der Waals surface area contributed by atoms with Gasteiger partial charge in [-0.15, -0.1) is 10.2 Å². The van der Waals surface area contributed by atoms with Crippen molar-refractivity contribution >= 4 is 39.8 Å². The standard InChI is InChI=1S/C15H19N5OS2/c1-11-3-2-4-12(9-11)19-5-7-20(8-6-19)13(21)10-22-15-18-17-14(16)23-15/h2-4,9H,5-8,10H2,1H3,(H2,16,17). The SMILES string of the molecule is Cc1cccc(N2CCN(C(=O)CSc3nnc(N)s3)CC2)c1. The molecule has 0 unspecified atom stereocenters. The second-order valence-corrected chi connectivity index (χ2v) is 7.63. The van der Waals surface area contributed by atoms with E-state index in [1.54, 1.807) is 0 Å². The second-order valence-electron chi connectivity index (χ2n) is 5.40. The topological polar surface area (TPSA) is 75.3 Å². The summed E-state index contributed by atoms with van der Waals surface area (Å²) in [5.74, 6) is 0.534. The van der Waals surface area contributed by atoms with Gasteiger partial charge in [-0.25, -0.2) is 0 Å². The van der Waals surface area contributed by atoms with Gasteiger partial charge >= 0.3 is 0 Å². The van der Waals surface area contributed by atoms with Gasteiger partial charge in [-0.3, -0.25) is 4.79 Å². The van der Waals surface area contributed by atoms with E-state index >= 15 is 0 Å². The van der Waals surface area contributed by atoms with E-state index in [1.807, 2.05) is 4.90 Å². The fourth-order valence-electron chi connectivity index (χ4n) is 2.53. The Morgan fingerprint density at radius 3 is 2.74 bits per heavy atom. The van der Waals surface area contributed by atoms with Crippen LogP contribution in [0.2, 0.25) is 0 Å². The van der Waals surface area contributed by atoms with E-state index in [4.69, 9.17) is 5.73 Å². The third-order valence-corrected chi connectivity index (χ3v) is 5.61. The van der Waals surface area contributed by atoms with Crippen molar-refractivity contribution in [2.75, 3.05) is 42.6 Å². The minimum atomic E-state index is 0.146. The molecular formula is C15H19N5OS2. The van der Waals surface area contributed by atoms with Crippen LogP contribution in [0.4, 0.5) is 10.8 Å². The van der Waals surface area contributed by atoms with Gasteiger partial charge in [0.25, 0.3) is 0 Å². The Morgan fingerprint density at radius 2 is 2.09 bits per heavy atom. The summed E-state index contributed by atoms with van der Waals surface area (Å²) in [5, 5.41) is 8.11. The average molecular weight is 349 g/mol. The lowest BCUT2D eigenvalue weighted by Crippen LogP contribution is -2.49. The molecule has 0 radical (unpaired) electrons. The number of hydrogen-bond donors (Lipinski definition) is 1. The Bertz CT molecular complexity index is 682. The maximum atomic E-state index is 12.3. The van der Waals surface area contributed by atoms with E-state index in [9.17, 15) is 4.79 Å². The number of nitrogens with zero attached hydrogens (tertiary/aromatic N) is 4. The minimum absolute atomic E-state index is 0.146. The highest BCUT2D eigenvalue weighted by molar-refractivity contribution is 8.01. The van der Waals surface area contributed by atoms with Gasteiger partial charge in [0.2, 0.25) is 11.0 Å². The first-order chi connectivity index (χ1) is 11.1. The largest absolute Gasteiger partial charge is 0.374 e. The smallest absolute Gasteiger partial charge is 0.233 e. The zero-order chi connectivity index (χ0) is 16.2. The van der Waals surface area contributed by atoms with Crippen LogP contribution in [0.1, 0.15) is 5.56 Å². The molecule has 2 N–H and O–H groups in total. The van der Waals surface area contributed by atoms with Crippen LogP contribution < -0.4 is 10.6 Å². The van der Waals surface area contributed by atoms with Crippen molar-refractivity contribution in [3.63, 3.8) is 0 Å². The molecule has 1 aromatic heterocycles. The Kier molecular flexibility index (Phi) is 5.02. The summed E-state index contributed by atoms with van der Waals surface area (Å²) in [6.45, 7) is 5.34.